The van der Waals surface area contributed by atoms with Gasteiger partial charge in [-0.1, -0.05) is 13.8 Å². The number of carboxylic acids is 1. The molecule has 0 saturated carbocycles. The molecule has 0 radical (unpaired) electrons. The van der Waals surface area contributed by atoms with E-state index in [0.717, 1.165) is 7.11 Å². The van der Waals surface area contributed by atoms with Gasteiger partial charge in [0.05, 0.1) is 13.7 Å². The molecule has 1 rings (SSSR count). The summed E-state index contributed by atoms with van der Waals surface area (Å²) in [6, 6.07) is -2.73. The van der Waals surface area contributed by atoms with E-state index in [1.165, 1.54) is 0 Å². The average molecular weight is 308 g/mol. The second kappa shape index (κ2) is 6.23. The Balaban J connectivity index is 2.96. The Bertz CT molecular complexity index is 441. The number of ether oxygens (including phenoxy) is 1. The van der Waals surface area contributed by atoms with Gasteiger partial charge in [0.25, 0.3) is 5.92 Å². The Morgan fingerprint density at radius 1 is 1.38 bits per heavy atom. The Morgan fingerprint density at radius 3 is 2.38 bits per heavy atom. The Morgan fingerprint density at radius 2 is 1.95 bits per heavy atom. The zero-order valence-corrected chi connectivity index (χ0v) is 11.9. The molecule has 9 heteroatoms. The number of halogens is 2. The van der Waals surface area contributed by atoms with Crippen molar-refractivity contribution in [1.29, 1.82) is 0 Å². The van der Waals surface area contributed by atoms with Crippen molar-refractivity contribution in [3.8, 4) is 0 Å². The highest BCUT2D eigenvalue weighted by atomic mass is 19.3. The number of nitrogens with zero attached hydrogens (tertiary/aromatic N) is 1. The monoisotopic (exact) mass is 308 g/mol. The number of methoxy groups -OCH3 is 1. The summed E-state index contributed by atoms with van der Waals surface area (Å²) >= 11 is 0. The third kappa shape index (κ3) is 4.02. The van der Waals surface area contributed by atoms with Crippen LogP contribution in [0.3, 0.4) is 0 Å². The summed E-state index contributed by atoms with van der Waals surface area (Å²) in [5.41, 5.74) is 0. The lowest BCUT2D eigenvalue weighted by Gasteiger charge is -2.28. The Hall–Kier alpha value is -1.93. The van der Waals surface area contributed by atoms with Gasteiger partial charge < -0.3 is 20.1 Å². The number of nitrogens with one attached hydrogen (secondary N) is 1. The number of likely N-dealkylation sites (tertiary alicyclic amines) is 1. The molecule has 0 aliphatic carbocycles. The van der Waals surface area contributed by atoms with E-state index < -0.39 is 54.9 Å². The first kappa shape index (κ1) is 17.1. The minimum atomic E-state index is -3.26. The smallest absolute Gasteiger partial charge is 0.407 e. The van der Waals surface area contributed by atoms with Gasteiger partial charge in [0.15, 0.2) is 0 Å². The van der Waals surface area contributed by atoms with E-state index >= 15 is 0 Å². The number of hydrogen-bond donors (Lipinski definition) is 2. The molecular weight excluding hydrogens is 290 g/mol. The number of carboxylic acid groups (broad SMARTS) is 1. The topological polar surface area (TPSA) is 95.9 Å². The summed E-state index contributed by atoms with van der Waals surface area (Å²) in [6.45, 7) is 2.22. The van der Waals surface area contributed by atoms with Crippen LogP contribution in [-0.4, -0.2) is 59.6 Å². The molecule has 1 saturated heterocycles. The first-order chi connectivity index (χ1) is 9.59. The summed E-state index contributed by atoms with van der Waals surface area (Å²) in [5.74, 6) is -6.03. The first-order valence-corrected chi connectivity index (χ1v) is 6.34. The molecule has 21 heavy (non-hydrogen) atoms. The maximum atomic E-state index is 13.4. The van der Waals surface area contributed by atoms with Gasteiger partial charge in [0.1, 0.15) is 12.1 Å². The van der Waals surface area contributed by atoms with Crippen molar-refractivity contribution in [3.05, 3.63) is 0 Å². The lowest BCUT2D eigenvalue weighted by Crippen LogP contribution is -2.54. The molecule has 7 nitrogen and oxygen atoms in total. The molecule has 1 fully saturated rings. The molecular formula is C12H18F2N2O5. The zero-order chi connectivity index (χ0) is 16.4. The van der Waals surface area contributed by atoms with Crippen molar-refractivity contribution in [2.24, 2.45) is 5.92 Å². The van der Waals surface area contributed by atoms with Crippen LogP contribution < -0.4 is 5.32 Å². The maximum Gasteiger partial charge on any atom is 0.407 e. The number of amides is 2. The quantitative estimate of drug-likeness (QED) is 0.796. The van der Waals surface area contributed by atoms with Crippen molar-refractivity contribution in [1.82, 2.24) is 10.2 Å². The van der Waals surface area contributed by atoms with Gasteiger partial charge >= 0.3 is 12.1 Å². The standard InChI is InChI=1S/C12H18F2N2O5/c1-6(2)8(15-11(20)21-3)9(17)16-5-12(13,14)4-7(16)10(18)19/h6-8H,4-5H2,1-3H3,(H,15,20)(H,18,19). The zero-order valence-electron chi connectivity index (χ0n) is 11.9. The molecule has 0 bridgehead atoms. The van der Waals surface area contributed by atoms with Crippen LogP contribution in [0, 0.1) is 5.92 Å². The van der Waals surface area contributed by atoms with Gasteiger partial charge in [-0.25, -0.2) is 18.4 Å². The molecule has 0 spiro atoms. The van der Waals surface area contributed by atoms with Crippen LogP contribution in [0.15, 0.2) is 0 Å². The molecule has 2 atom stereocenters. The number of alkyl carbamates (subject to hydrolysis) is 1. The molecule has 2 amide bonds. The fourth-order valence-electron chi connectivity index (χ4n) is 2.15. The van der Waals surface area contributed by atoms with E-state index in [1.807, 2.05) is 0 Å². The third-order valence-electron chi connectivity index (χ3n) is 3.23. The van der Waals surface area contributed by atoms with E-state index in [4.69, 9.17) is 5.11 Å². The molecule has 0 aromatic rings. The number of hydrogen-bond acceptors (Lipinski definition) is 4. The highest BCUT2D eigenvalue weighted by Crippen LogP contribution is 2.33. The summed E-state index contributed by atoms with van der Waals surface area (Å²) in [4.78, 5) is 35.2. The van der Waals surface area contributed by atoms with Crippen LogP contribution in [-0.2, 0) is 14.3 Å². The average Bonchev–Trinajstić information content (AvgIpc) is 2.70. The van der Waals surface area contributed by atoms with E-state index in [2.05, 4.69) is 10.1 Å². The lowest BCUT2D eigenvalue weighted by molar-refractivity contribution is -0.149. The number of carbonyl (C=O) groups excluding carboxylic acids is 2. The van der Waals surface area contributed by atoms with Crippen LogP contribution in [0.1, 0.15) is 20.3 Å². The minimum Gasteiger partial charge on any atom is -0.480 e. The minimum absolute atomic E-state index is 0.416. The maximum absolute atomic E-state index is 13.4. The highest BCUT2D eigenvalue weighted by Gasteiger charge is 2.51. The predicted octanol–water partition coefficient (Wildman–Crippen LogP) is 0.688. The van der Waals surface area contributed by atoms with Gasteiger partial charge in [-0.15, -0.1) is 0 Å². The van der Waals surface area contributed by atoms with Crippen molar-refractivity contribution < 1.29 is 33.0 Å². The fraction of sp³-hybridized carbons (Fsp3) is 0.750. The van der Waals surface area contributed by atoms with Crippen LogP contribution in [0.4, 0.5) is 13.6 Å². The Labute approximate surface area is 120 Å². The van der Waals surface area contributed by atoms with Gasteiger partial charge in [-0.2, -0.15) is 0 Å². The molecule has 1 aliphatic rings. The highest BCUT2D eigenvalue weighted by molar-refractivity contribution is 5.90. The van der Waals surface area contributed by atoms with Crippen molar-refractivity contribution >= 4 is 18.0 Å². The summed E-state index contributed by atoms with van der Waals surface area (Å²) in [7, 11) is 1.10. The van der Waals surface area contributed by atoms with Gasteiger partial charge in [0.2, 0.25) is 5.91 Å². The number of carbonyl (C=O) groups is 3. The molecule has 1 heterocycles. The molecule has 1 aliphatic heterocycles. The number of rotatable bonds is 4. The molecule has 0 aromatic heterocycles. The second-order valence-electron chi connectivity index (χ2n) is 5.24. The van der Waals surface area contributed by atoms with E-state index in [-0.39, 0.29) is 0 Å². The van der Waals surface area contributed by atoms with Crippen LogP contribution in [0.5, 0.6) is 0 Å². The van der Waals surface area contributed by atoms with Gasteiger partial charge in [0, 0.05) is 6.42 Å². The molecule has 2 unspecified atom stereocenters. The molecule has 0 aromatic carbocycles. The summed E-state index contributed by atoms with van der Waals surface area (Å²) < 4.78 is 31.2. The van der Waals surface area contributed by atoms with E-state index in [0.29, 0.717) is 4.90 Å². The van der Waals surface area contributed by atoms with Crippen LogP contribution in [0.25, 0.3) is 0 Å². The van der Waals surface area contributed by atoms with E-state index in [1.54, 1.807) is 13.8 Å². The SMILES string of the molecule is COC(=O)NC(C(=O)N1CC(F)(F)CC1C(=O)O)C(C)C. The lowest BCUT2D eigenvalue weighted by atomic mass is 10.0. The van der Waals surface area contributed by atoms with Crippen molar-refractivity contribution in [2.75, 3.05) is 13.7 Å². The summed E-state index contributed by atoms with van der Waals surface area (Å²) in [6.07, 6.45) is -1.82. The normalized spacial score (nSPS) is 22.0. The number of aliphatic carboxylic acids is 1. The van der Waals surface area contributed by atoms with Gasteiger partial charge in [-0.05, 0) is 5.92 Å². The van der Waals surface area contributed by atoms with E-state index in [9.17, 15) is 23.2 Å². The first-order valence-electron chi connectivity index (χ1n) is 6.34. The third-order valence-corrected chi connectivity index (χ3v) is 3.23. The van der Waals surface area contributed by atoms with Crippen molar-refractivity contribution in [2.45, 2.75) is 38.3 Å². The predicted molar refractivity (Wildman–Crippen MR) is 66.9 cm³/mol. The number of alkyl halides is 2. The van der Waals surface area contributed by atoms with Gasteiger partial charge in [-0.3, -0.25) is 4.79 Å². The summed E-state index contributed by atoms with van der Waals surface area (Å²) in [5, 5.41) is 11.2. The molecule has 120 valence electrons. The Kier molecular flexibility index (Phi) is 5.08. The van der Waals surface area contributed by atoms with Crippen LogP contribution in [0.2, 0.25) is 0 Å². The fourth-order valence-corrected chi connectivity index (χ4v) is 2.15. The molecule has 2 N–H and O–H groups in total. The largest absolute Gasteiger partial charge is 0.480 e. The second-order valence-corrected chi connectivity index (χ2v) is 5.24. The van der Waals surface area contributed by atoms with Crippen molar-refractivity contribution in [3.63, 3.8) is 0 Å². The van der Waals surface area contributed by atoms with Crippen LogP contribution >= 0.6 is 0 Å².